The van der Waals surface area contributed by atoms with Crippen molar-refractivity contribution in [3.8, 4) is 0 Å². The zero-order valence-electron chi connectivity index (χ0n) is 11.2. The molecule has 0 heterocycles. The fourth-order valence-electron chi connectivity index (χ4n) is 1.80. The summed E-state index contributed by atoms with van der Waals surface area (Å²) >= 11 is 0. The Morgan fingerprint density at radius 3 is 2.12 bits per heavy atom. The van der Waals surface area contributed by atoms with Crippen molar-refractivity contribution in [2.24, 2.45) is 0 Å². The molecule has 0 atom stereocenters. The molecule has 0 aliphatic rings. The Balaban J connectivity index is 0.00000256. The van der Waals surface area contributed by atoms with E-state index in [4.69, 9.17) is 0 Å². The fourth-order valence-corrected chi connectivity index (χ4v) is 1.80. The predicted octanol–water partition coefficient (Wildman–Crippen LogP) is 4.34. The number of hydrogen-bond donors (Lipinski definition) is 1. The predicted molar refractivity (Wildman–Crippen MR) is 78.9 cm³/mol. The molecule has 0 aliphatic heterocycles. The average Bonchev–Trinajstić information content (AvgIpc) is 2.34. The van der Waals surface area contributed by atoms with Crippen LogP contribution in [0.25, 0.3) is 0 Å². The maximum Gasteiger partial charge on any atom is 0.0205 e. The normalized spacial score (nSPS) is 10.0. The minimum absolute atomic E-state index is 0. The van der Waals surface area contributed by atoms with Crippen molar-refractivity contribution in [2.75, 3.05) is 6.54 Å². The molecule has 0 unspecified atom stereocenters. The summed E-state index contributed by atoms with van der Waals surface area (Å²) in [6.07, 6.45) is 6.48. The summed E-state index contributed by atoms with van der Waals surface area (Å²) in [5.74, 6) is 0. The van der Waals surface area contributed by atoms with Crippen molar-refractivity contribution in [2.45, 2.75) is 52.5 Å². The highest BCUT2D eigenvalue weighted by atomic mass is 35.5. The Morgan fingerprint density at radius 2 is 1.53 bits per heavy atom. The lowest BCUT2D eigenvalue weighted by Gasteiger charge is -2.05. The molecule has 0 saturated heterocycles. The number of aryl methyl sites for hydroxylation is 1. The molecule has 17 heavy (non-hydrogen) atoms. The lowest BCUT2D eigenvalue weighted by Crippen LogP contribution is -2.14. The SMILES string of the molecule is CCCCCCNCc1ccc(CC)cc1.Cl. The van der Waals surface area contributed by atoms with E-state index in [9.17, 15) is 0 Å². The highest BCUT2D eigenvalue weighted by molar-refractivity contribution is 5.85. The third kappa shape index (κ3) is 7.40. The second-order valence-electron chi connectivity index (χ2n) is 4.41. The quantitative estimate of drug-likeness (QED) is 0.682. The lowest BCUT2D eigenvalue weighted by atomic mass is 10.1. The number of unbranched alkanes of at least 4 members (excludes halogenated alkanes) is 3. The number of halogens is 1. The Kier molecular flexibility index (Phi) is 10.3. The summed E-state index contributed by atoms with van der Waals surface area (Å²) < 4.78 is 0. The van der Waals surface area contributed by atoms with Crippen LogP contribution in [0.1, 0.15) is 50.7 Å². The van der Waals surface area contributed by atoms with Gasteiger partial charge in [-0.15, -0.1) is 12.4 Å². The molecule has 0 radical (unpaired) electrons. The molecule has 98 valence electrons. The van der Waals surface area contributed by atoms with Gasteiger partial charge in [-0.2, -0.15) is 0 Å². The minimum Gasteiger partial charge on any atom is -0.313 e. The first-order valence-corrected chi connectivity index (χ1v) is 6.65. The van der Waals surface area contributed by atoms with Gasteiger partial charge in [-0.1, -0.05) is 57.4 Å². The molecule has 0 amide bonds. The van der Waals surface area contributed by atoms with E-state index in [2.05, 4.69) is 43.4 Å². The molecule has 1 aromatic rings. The van der Waals surface area contributed by atoms with Crippen LogP contribution in [0, 0.1) is 0 Å². The van der Waals surface area contributed by atoms with Gasteiger partial charge < -0.3 is 5.32 Å². The second kappa shape index (κ2) is 10.6. The van der Waals surface area contributed by atoms with Gasteiger partial charge >= 0.3 is 0 Å². The first kappa shape index (κ1) is 16.5. The molecule has 1 N–H and O–H groups in total. The Hall–Kier alpha value is -0.530. The van der Waals surface area contributed by atoms with Gasteiger partial charge in [0.2, 0.25) is 0 Å². The second-order valence-corrected chi connectivity index (χ2v) is 4.41. The van der Waals surface area contributed by atoms with Crippen molar-refractivity contribution in [3.05, 3.63) is 35.4 Å². The smallest absolute Gasteiger partial charge is 0.0205 e. The Bertz CT molecular complexity index is 269. The Labute approximate surface area is 112 Å². The third-order valence-corrected chi connectivity index (χ3v) is 2.97. The van der Waals surface area contributed by atoms with E-state index in [0.29, 0.717) is 0 Å². The number of nitrogens with one attached hydrogen (secondary N) is 1. The van der Waals surface area contributed by atoms with Gasteiger partial charge in [0.1, 0.15) is 0 Å². The van der Waals surface area contributed by atoms with Crippen molar-refractivity contribution >= 4 is 12.4 Å². The van der Waals surface area contributed by atoms with E-state index in [-0.39, 0.29) is 12.4 Å². The molecule has 1 aromatic carbocycles. The molecule has 0 aliphatic carbocycles. The van der Waals surface area contributed by atoms with Crippen LogP contribution in [-0.2, 0) is 13.0 Å². The van der Waals surface area contributed by atoms with E-state index in [0.717, 1.165) is 19.5 Å². The van der Waals surface area contributed by atoms with Crippen molar-refractivity contribution < 1.29 is 0 Å². The van der Waals surface area contributed by atoms with Crippen LogP contribution in [0.5, 0.6) is 0 Å². The van der Waals surface area contributed by atoms with E-state index < -0.39 is 0 Å². The summed E-state index contributed by atoms with van der Waals surface area (Å²) in [6, 6.07) is 8.93. The van der Waals surface area contributed by atoms with Gasteiger partial charge in [-0.05, 0) is 30.5 Å². The zero-order chi connectivity index (χ0) is 11.6. The molecule has 1 rings (SSSR count). The van der Waals surface area contributed by atoms with Crippen molar-refractivity contribution in [3.63, 3.8) is 0 Å². The highest BCUT2D eigenvalue weighted by Gasteiger charge is 1.93. The lowest BCUT2D eigenvalue weighted by molar-refractivity contribution is 0.598. The summed E-state index contributed by atoms with van der Waals surface area (Å²) in [5, 5.41) is 3.50. The number of rotatable bonds is 8. The van der Waals surface area contributed by atoms with Crippen LogP contribution in [0.4, 0.5) is 0 Å². The van der Waals surface area contributed by atoms with Crippen LogP contribution in [-0.4, -0.2) is 6.54 Å². The molecule has 2 heteroatoms. The van der Waals surface area contributed by atoms with E-state index in [1.165, 1.54) is 36.8 Å². The van der Waals surface area contributed by atoms with Gasteiger partial charge in [0, 0.05) is 6.54 Å². The van der Waals surface area contributed by atoms with Gasteiger partial charge in [-0.25, -0.2) is 0 Å². The van der Waals surface area contributed by atoms with E-state index in [1.807, 2.05) is 0 Å². The maximum atomic E-state index is 3.50. The monoisotopic (exact) mass is 255 g/mol. The van der Waals surface area contributed by atoms with Crippen LogP contribution in [0.3, 0.4) is 0 Å². The fraction of sp³-hybridized carbons (Fsp3) is 0.600. The summed E-state index contributed by atoms with van der Waals surface area (Å²) in [7, 11) is 0. The first-order valence-electron chi connectivity index (χ1n) is 6.65. The van der Waals surface area contributed by atoms with Crippen LogP contribution < -0.4 is 5.32 Å². The molecular formula is C15H26ClN. The number of hydrogen-bond acceptors (Lipinski definition) is 1. The van der Waals surface area contributed by atoms with Crippen molar-refractivity contribution in [1.82, 2.24) is 5.32 Å². The van der Waals surface area contributed by atoms with E-state index >= 15 is 0 Å². The minimum atomic E-state index is 0. The van der Waals surface area contributed by atoms with Crippen LogP contribution in [0.2, 0.25) is 0 Å². The number of benzene rings is 1. The summed E-state index contributed by atoms with van der Waals surface area (Å²) in [4.78, 5) is 0. The molecule has 0 aromatic heterocycles. The van der Waals surface area contributed by atoms with Crippen LogP contribution >= 0.6 is 12.4 Å². The maximum absolute atomic E-state index is 3.50. The molecule has 1 nitrogen and oxygen atoms in total. The Morgan fingerprint density at radius 1 is 0.882 bits per heavy atom. The van der Waals surface area contributed by atoms with Crippen LogP contribution in [0.15, 0.2) is 24.3 Å². The topological polar surface area (TPSA) is 12.0 Å². The molecular weight excluding hydrogens is 230 g/mol. The molecule has 0 bridgehead atoms. The average molecular weight is 256 g/mol. The summed E-state index contributed by atoms with van der Waals surface area (Å²) in [6.45, 7) is 6.61. The zero-order valence-corrected chi connectivity index (χ0v) is 12.0. The van der Waals surface area contributed by atoms with Gasteiger partial charge in [0.25, 0.3) is 0 Å². The molecule has 0 saturated carbocycles. The summed E-state index contributed by atoms with van der Waals surface area (Å²) in [5.41, 5.74) is 2.82. The standard InChI is InChI=1S/C15H25N.ClH/c1-3-5-6-7-12-16-13-15-10-8-14(4-2)9-11-15;/h8-11,16H,3-7,12-13H2,1-2H3;1H. The van der Waals surface area contributed by atoms with E-state index in [1.54, 1.807) is 0 Å². The molecule has 0 spiro atoms. The highest BCUT2D eigenvalue weighted by Crippen LogP contribution is 2.05. The molecule has 0 fully saturated rings. The third-order valence-electron chi connectivity index (χ3n) is 2.97. The van der Waals surface area contributed by atoms with Gasteiger partial charge in [0.05, 0.1) is 0 Å². The van der Waals surface area contributed by atoms with Gasteiger partial charge in [-0.3, -0.25) is 0 Å². The van der Waals surface area contributed by atoms with Crippen molar-refractivity contribution in [1.29, 1.82) is 0 Å². The first-order chi connectivity index (χ1) is 7.86. The van der Waals surface area contributed by atoms with Gasteiger partial charge in [0.15, 0.2) is 0 Å². The largest absolute Gasteiger partial charge is 0.313 e.